The number of nitrogens with one attached hydrogen (secondary N) is 2. The fourth-order valence-electron chi connectivity index (χ4n) is 1.88. The van der Waals surface area contributed by atoms with Crippen LogP contribution in [0.4, 0.5) is 0 Å². The van der Waals surface area contributed by atoms with Crippen molar-refractivity contribution in [3.05, 3.63) is 22.5 Å². The highest BCUT2D eigenvalue weighted by molar-refractivity contribution is 7.17. The SMILES string of the molecule is CNC(=O)C(C)NCc1c(C)nc2sc(C)cn12. The van der Waals surface area contributed by atoms with Crippen LogP contribution < -0.4 is 10.6 Å². The molecule has 0 aliphatic rings. The average molecular weight is 266 g/mol. The normalized spacial score (nSPS) is 12.9. The monoisotopic (exact) mass is 266 g/mol. The Hall–Kier alpha value is -1.40. The van der Waals surface area contributed by atoms with E-state index in [9.17, 15) is 4.79 Å². The number of aromatic nitrogens is 2. The van der Waals surface area contributed by atoms with Gasteiger partial charge in [-0.1, -0.05) is 0 Å². The maximum atomic E-state index is 11.4. The molecule has 0 saturated heterocycles. The van der Waals surface area contributed by atoms with Gasteiger partial charge in [0, 0.05) is 24.7 Å². The summed E-state index contributed by atoms with van der Waals surface area (Å²) >= 11 is 1.68. The molecule has 2 rings (SSSR count). The van der Waals surface area contributed by atoms with Crippen molar-refractivity contribution in [1.82, 2.24) is 20.0 Å². The Morgan fingerprint density at radius 1 is 1.56 bits per heavy atom. The fraction of sp³-hybridized carbons (Fsp3) is 0.500. The predicted molar refractivity (Wildman–Crippen MR) is 72.9 cm³/mol. The van der Waals surface area contributed by atoms with Gasteiger partial charge in [-0.25, -0.2) is 4.98 Å². The molecular weight excluding hydrogens is 248 g/mol. The fourth-order valence-corrected chi connectivity index (χ4v) is 2.77. The van der Waals surface area contributed by atoms with Gasteiger partial charge in [0.1, 0.15) is 0 Å². The van der Waals surface area contributed by atoms with E-state index in [4.69, 9.17) is 0 Å². The van der Waals surface area contributed by atoms with E-state index in [0.29, 0.717) is 6.54 Å². The van der Waals surface area contributed by atoms with Crippen molar-refractivity contribution in [1.29, 1.82) is 0 Å². The Labute approximate surface area is 110 Å². The molecule has 2 aromatic heterocycles. The molecule has 2 heterocycles. The van der Waals surface area contributed by atoms with Crippen LogP contribution in [-0.4, -0.2) is 28.4 Å². The highest BCUT2D eigenvalue weighted by Crippen LogP contribution is 2.20. The molecule has 1 unspecified atom stereocenters. The van der Waals surface area contributed by atoms with Crippen molar-refractivity contribution >= 4 is 22.2 Å². The van der Waals surface area contributed by atoms with Gasteiger partial charge in [0.15, 0.2) is 4.96 Å². The third kappa shape index (κ3) is 2.39. The molecule has 98 valence electrons. The lowest BCUT2D eigenvalue weighted by atomic mass is 10.3. The topological polar surface area (TPSA) is 58.4 Å². The van der Waals surface area contributed by atoms with E-state index >= 15 is 0 Å². The van der Waals surface area contributed by atoms with Crippen molar-refractivity contribution in [2.75, 3.05) is 7.05 Å². The van der Waals surface area contributed by atoms with Crippen molar-refractivity contribution in [3.8, 4) is 0 Å². The van der Waals surface area contributed by atoms with Gasteiger partial charge in [0.25, 0.3) is 0 Å². The summed E-state index contributed by atoms with van der Waals surface area (Å²) in [6, 6.07) is -0.209. The molecule has 0 aromatic carbocycles. The molecule has 0 spiro atoms. The number of fused-ring (bicyclic) bond motifs is 1. The number of thiazole rings is 1. The zero-order chi connectivity index (χ0) is 13.3. The summed E-state index contributed by atoms with van der Waals surface area (Å²) in [5.41, 5.74) is 2.13. The molecule has 0 saturated carbocycles. The van der Waals surface area contributed by atoms with Crippen LogP contribution in [0.2, 0.25) is 0 Å². The maximum absolute atomic E-state index is 11.4. The zero-order valence-electron chi connectivity index (χ0n) is 11.1. The molecule has 1 amide bonds. The van der Waals surface area contributed by atoms with E-state index in [2.05, 4.69) is 33.1 Å². The Morgan fingerprint density at radius 2 is 2.28 bits per heavy atom. The average Bonchev–Trinajstić information content (AvgIpc) is 2.80. The highest BCUT2D eigenvalue weighted by Gasteiger charge is 2.14. The number of aryl methyl sites for hydroxylation is 2. The van der Waals surface area contributed by atoms with Crippen molar-refractivity contribution in [3.63, 3.8) is 0 Å². The van der Waals surface area contributed by atoms with Crippen molar-refractivity contribution in [2.24, 2.45) is 0 Å². The first-order valence-electron chi connectivity index (χ1n) is 5.92. The van der Waals surface area contributed by atoms with Gasteiger partial charge in [-0.05, 0) is 20.8 Å². The number of hydrogen-bond donors (Lipinski definition) is 2. The lowest BCUT2D eigenvalue weighted by Crippen LogP contribution is -2.40. The standard InChI is InChI=1S/C12H18N4OS/c1-7-6-16-10(8(2)15-12(16)18-7)5-14-9(3)11(17)13-4/h6,9,14H,5H2,1-4H3,(H,13,17). The second-order valence-corrected chi connectivity index (χ2v) is 5.57. The molecule has 0 aliphatic carbocycles. The zero-order valence-corrected chi connectivity index (χ0v) is 11.9. The molecular formula is C12H18N4OS. The minimum Gasteiger partial charge on any atom is -0.358 e. The lowest BCUT2D eigenvalue weighted by Gasteiger charge is -2.12. The molecule has 2 N–H and O–H groups in total. The molecule has 0 fully saturated rings. The smallest absolute Gasteiger partial charge is 0.236 e. The lowest BCUT2D eigenvalue weighted by molar-refractivity contribution is -0.122. The van der Waals surface area contributed by atoms with E-state index in [1.165, 1.54) is 4.88 Å². The van der Waals surface area contributed by atoms with Gasteiger partial charge in [-0.3, -0.25) is 9.20 Å². The molecule has 1 atom stereocenters. The first kappa shape index (κ1) is 13.0. The van der Waals surface area contributed by atoms with Crippen LogP contribution in [-0.2, 0) is 11.3 Å². The first-order chi connectivity index (χ1) is 8.52. The molecule has 0 radical (unpaired) electrons. The van der Waals surface area contributed by atoms with Crippen LogP contribution in [0.15, 0.2) is 6.20 Å². The third-order valence-corrected chi connectivity index (χ3v) is 3.85. The summed E-state index contributed by atoms with van der Waals surface area (Å²) < 4.78 is 2.10. The number of carbonyl (C=O) groups excluding carboxylic acids is 1. The number of imidazole rings is 1. The summed E-state index contributed by atoms with van der Waals surface area (Å²) in [6.07, 6.45) is 2.08. The number of carbonyl (C=O) groups is 1. The second-order valence-electron chi connectivity index (χ2n) is 4.36. The summed E-state index contributed by atoms with van der Waals surface area (Å²) in [5.74, 6) is -0.00471. The van der Waals surface area contributed by atoms with Crippen molar-refractivity contribution in [2.45, 2.75) is 33.4 Å². The van der Waals surface area contributed by atoms with Gasteiger partial charge in [-0.2, -0.15) is 0 Å². The Balaban J connectivity index is 2.16. The molecule has 5 nitrogen and oxygen atoms in total. The Morgan fingerprint density at radius 3 is 2.94 bits per heavy atom. The third-order valence-electron chi connectivity index (χ3n) is 2.96. The van der Waals surface area contributed by atoms with Crippen LogP contribution in [0.3, 0.4) is 0 Å². The molecule has 18 heavy (non-hydrogen) atoms. The van der Waals surface area contributed by atoms with Crippen LogP contribution >= 0.6 is 11.3 Å². The molecule has 0 bridgehead atoms. The van der Waals surface area contributed by atoms with Crippen LogP contribution in [0, 0.1) is 13.8 Å². The quantitative estimate of drug-likeness (QED) is 0.875. The number of likely N-dealkylation sites (N-methyl/N-ethyl adjacent to an activating group) is 1. The summed E-state index contributed by atoms with van der Waals surface area (Å²) in [7, 11) is 1.64. The maximum Gasteiger partial charge on any atom is 0.236 e. The molecule has 6 heteroatoms. The number of hydrogen-bond acceptors (Lipinski definition) is 4. The minimum absolute atomic E-state index is 0.00471. The predicted octanol–water partition coefficient (Wildman–Crippen LogP) is 1.24. The van der Waals surface area contributed by atoms with E-state index in [1.807, 2.05) is 13.8 Å². The van der Waals surface area contributed by atoms with E-state index < -0.39 is 0 Å². The highest BCUT2D eigenvalue weighted by atomic mass is 32.1. The van der Waals surface area contributed by atoms with Crippen molar-refractivity contribution < 1.29 is 4.79 Å². The van der Waals surface area contributed by atoms with Crippen LogP contribution in [0.25, 0.3) is 4.96 Å². The van der Waals surface area contributed by atoms with E-state index in [-0.39, 0.29) is 11.9 Å². The van der Waals surface area contributed by atoms with Gasteiger partial charge >= 0.3 is 0 Å². The van der Waals surface area contributed by atoms with Gasteiger partial charge in [-0.15, -0.1) is 11.3 Å². The Bertz CT molecular complexity index is 572. The van der Waals surface area contributed by atoms with Gasteiger partial charge in [0.2, 0.25) is 5.91 Å². The second kappa shape index (κ2) is 5.07. The number of rotatable bonds is 4. The van der Waals surface area contributed by atoms with Crippen LogP contribution in [0.5, 0.6) is 0 Å². The number of nitrogens with zero attached hydrogens (tertiary/aromatic N) is 2. The Kier molecular flexibility index (Phi) is 3.68. The summed E-state index contributed by atoms with van der Waals surface area (Å²) in [5, 5.41) is 5.84. The first-order valence-corrected chi connectivity index (χ1v) is 6.73. The summed E-state index contributed by atoms with van der Waals surface area (Å²) in [4.78, 5) is 18.2. The van der Waals surface area contributed by atoms with Crippen LogP contribution in [0.1, 0.15) is 23.2 Å². The van der Waals surface area contributed by atoms with Gasteiger partial charge < -0.3 is 10.6 Å². The molecule has 0 aliphatic heterocycles. The molecule has 2 aromatic rings. The van der Waals surface area contributed by atoms with E-state index in [1.54, 1.807) is 18.4 Å². The minimum atomic E-state index is -0.209. The van der Waals surface area contributed by atoms with E-state index in [0.717, 1.165) is 16.3 Å². The van der Waals surface area contributed by atoms with Gasteiger partial charge in [0.05, 0.1) is 17.4 Å². The largest absolute Gasteiger partial charge is 0.358 e. The number of amides is 1. The summed E-state index contributed by atoms with van der Waals surface area (Å²) in [6.45, 7) is 6.55.